The van der Waals surface area contributed by atoms with Gasteiger partial charge in [0, 0.05) is 32.8 Å². The number of benzene rings is 8. The summed E-state index contributed by atoms with van der Waals surface area (Å²) in [5, 5.41) is 7.00. The van der Waals surface area contributed by atoms with Crippen LogP contribution >= 0.6 is 0 Å². The quantitative estimate of drug-likeness (QED) is 0.174. The third-order valence-corrected chi connectivity index (χ3v) is 9.74. The molecular formula is C47H29N3O. The van der Waals surface area contributed by atoms with E-state index in [1.54, 1.807) is 0 Å². The van der Waals surface area contributed by atoms with Crippen molar-refractivity contribution < 1.29 is 4.42 Å². The molecule has 0 amide bonds. The Balaban J connectivity index is 1.07. The molecule has 8 aromatic carbocycles. The molecule has 4 nitrogen and oxygen atoms in total. The summed E-state index contributed by atoms with van der Waals surface area (Å²) in [6.07, 6.45) is 0. The standard InChI is InChI=1S/C47H29N3O/c1-3-11-30(12-4-1)31-19-23-34(24-20-31)46-48-45(33-13-5-2-6-14-33)49-47(50-46)35-25-21-32(22-26-35)36-27-28-38-37-15-7-8-16-39(37)44-43(41(38)29-36)40-17-9-10-18-42(40)51-44/h1-29H. The summed E-state index contributed by atoms with van der Waals surface area (Å²) in [6.45, 7) is 0. The van der Waals surface area contributed by atoms with Crippen LogP contribution in [0.25, 0.3) is 99.9 Å². The lowest BCUT2D eigenvalue weighted by atomic mass is 9.93. The maximum Gasteiger partial charge on any atom is 0.164 e. The largest absolute Gasteiger partial charge is 0.455 e. The minimum atomic E-state index is 0.633. The lowest BCUT2D eigenvalue weighted by molar-refractivity contribution is 0.673. The van der Waals surface area contributed by atoms with Crippen LogP contribution in [0.3, 0.4) is 0 Å². The first-order valence-electron chi connectivity index (χ1n) is 17.1. The lowest BCUT2D eigenvalue weighted by Gasteiger charge is -2.11. The van der Waals surface area contributed by atoms with Gasteiger partial charge in [0.05, 0.1) is 0 Å². The summed E-state index contributed by atoms with van der Waals surface area (Å²) >= 11 is 0. The van der Waals surface area contributed by atoms with Crippen LogP contribution in [0.15, 0.2) is 180 Å². The highest BCUT2D eigenvalue weighted by Crippen LogP contribution is 2.42. The van der Waals surface area contributed by atoms with Crippen LogP contribution in [0.1, 0.15) is 0 Å². The predicted octanol–water partition coefficient (Wildman–Crippen LogP) is 12.4. The molecule has 51 heavy (non-hydrogen) atoms. The summed E-state index contributed by atoms with van der Waals surface area (Å²) < 4.78 is 6.47. The van der Waals surface area contributed by atoms with Crippen LogP contribution in [0.4, 0.5) is 0 Å². The summed E-state index contributed by atoms with van der Waals surface area (Å²) in [4.78, 5) is 14.9. The highest BCUT2D eigenvalue weighted by molar-refractivity contribution is 6.30. The molecule has 0 atom stereocenters. The molecule has 0 N–H and O–H groups in total. The van der Waals surface area contributed by atoms with Gasteiger partial charge in [-0.25, -0.2) is 15.0 Å². The van der Waals surface area contributed by atoms with Gasteiger partial charge in [0.25, 0.3) is 0 Å². The number of nitrogens with zero attached hydrogens (tertiary/aromatic N) is 3. The van der Waals surface area contributed by atoms with Gasteiger partial charge in [-0.2, -0.15) is 0 Å². The third kappa shape index (κ3) is 5.04. The Kier molecular flexibility index (Phi) is 6.78. The molecule has 238 valence electrons. The SMILES string of the molecule is c1ccc(-c2ccc(-c3nc(-c4ccccc4)nc(-c4ccc(-c5ccc6c7ccccc7c7oc8ccccc8c7c6c5)cc4)n3)cc2)cc1. The first-order chi connectivity index (χ1) is 25.3. The van der Waals surface area contributed by atoms with Crippen molar-refractivity contribution in [2.75, 3.05) is 0 Å². The molecule has 0 aliphatic heterocycles. The highest BCUT2D eigenvalue weighted by Gasteiger charge is 2.17. The van der Waals surface area contributed by atoms with Gasteiger partial charge in [0.2, 0.25) is 0 Å². The van der Waals surface area contributed by atoms with Gasteiger partial charge < -0.3 is 4.42 Å². The minimum Gasteiger partial charge on any atom is -0.455 e. The number of furan rings is 1. The molecule has 0 saturated carbocycles. The van der Waals surface area contributed by atoms with Gasteiger partial charge >= 0.3 is 0 Å². The van der Waals surface area contributed by atoms with Gasteiger partial charge in [0.15, 0.2) is 17.5 Å². The Morgan fingerprint density at radius 1 is 0.294 bits per heavy atom. The molecule has 0 fully saturated rings. The smallest absolute Gasteiger partial charge is 0.164 e. The molecule has 4 heteroatoms. The minimum absolute atomic E-state index is 0.633. The number of para-hydroxylation sites is 1. The van der Waals surface area contributed by atoms with Gasteiger partial charge in [0.1, 0.15) is 11.2 Å². The molecule has 10 aromatic rings. The zero-order valence-electron chi connectivity index (χ0n) is 27.5. The number of fused-ring (bicyclic) bond motifs is 8. The van der Waals surface area contributed by atoms with E-state index in [0.29, 0.717) is 17.5 Å². The van der Waals surface area contributed by atoms with E-state index in [2.05, 4.69) is 127 Å². The first-order valence-corrected chi connectivity index (χ1v) is 17.1. The van der Waals surface area contributed by atoms with E-state index in [4.69, 9.17) is 19.4 Å². The van der Waals surface area contributed by atoms with E-state index in [9.17, 15) is 0 Å². The van der Waals surface area contributed by atoms with Crippen molar-refractivity contribution >= 4 is 43.5 Å². The topological polar surface area (TPSA) is 51.8 Å². The van der Waals surface area contributed by atoms with Crippen LogP contribution < -0.4 is 0 Å². The molecule has 0 unspecified atom stereocenters. The van der Waals surface area contributed by atoms with E-state index in [-0.39, 0.29) is 0 Å². The van der Waals surface area contributed by atoms with Gasteiger partial charge in [-0.3, -0.25) is 0 Å². The zero-order chi connectivity index (χ0) is 33.7. The summed E-state index contributed by atoms with van der Waals surface area (Å²) in [6, 6.07) is 61.0. The number of hydrogen-bond acceptors (Lipinski definition) is 4. The molecule has 0 aliphatic rings. The molecule has 10 rings (SSSR count). The summed E-state index contributed by atoms with van der Waals surface area (Å²) in [5.74, 6) is 1.92. The van der Waals surface area contributed by atoms with Crippen molar-refractivity contribution in [1.29, 1.82) is 0 Å². The van der Waals surface area contributed by atoms with Gasteiger partial charge in [-0.1, -0.05) is 164 Å². The van der Waals surface area contributed by atoms with Crippen molar-refractivity contribution in [3.05, 3.63) is 176 Å². The molecule has 2 aromatic heterocycles. The van der Waals surface area contributed by atoms with E-state index >= 15 is 0 Å². The van der Waals surface area contributed by atoms with Crippen LogP contribution in [0.5, 0.6) is 0 Å². The van der Waals surface area contributed by atoms with E-state index < -0.39 is 0 Å². The maximum atomic E-state index is 6.47. The fourth-order valence-corrected chi connectivity index (χ4v) is 7.19. The van der Waals surface area contributed by atoms with Crippen molar-refractivity contribution in [2.45, 2.75) is 0 Å². The average Bonchev–Trinajstić information content (AvgIpc) is 3.62. The maximum absolute atomic E-state index is 6.47. The molecule has 0 spiro atoms. The van der Waals surface area contributed by atoms with Gasteiger partial charge in [-0.05, 0) is 50.5 Å². The van der Waals surface area contributed by atoms with E-state index in [1.165, 1.54) is 21.7 Å². The van der Waals surface area contributed by atoms with E-state index in [0.717, 1.165) is 60.7 Å². The Hall–Kier alpha value is -6.91. The van der Waals surface area contributed by atoms with Crippen molar-refractivity contribution in [2.24, 2.45) is 0 Å². The molecule has 2 heterocycles. The van der Waals surface area contributed by atoms with Crippen molar-refractivity contribution in [3.8, 4) is 56.4 Å². The number of hydrogen-bond donors (Lipinski definition) is 0. The fraction of sp³-hybridized carbons (Fsp3) is 0. The predicted molar refractivity (Wildman–Crippen MR) is 209 cm³/mol. The van der Waals surface area contributed by atoms with Crippen LogP contribution in [-0.2, 0) is 0 Å². The Morgan fingerprint density at radius 3 is 1.33 bits per heavy atom. The summed E-state index contributed by atoms with van der Waals surface area (Å²) in [5.41, 5.74) is 9.22. The summed E-state index contributed by atoms with van der Waals surface area (Å²) in [7, 11) is 0. The van der Waals surface area contributed by atoms with Crippen molar-refractivity contribution in [1.82, 2.24) is 15.0 Å². The second-order valence-corrected chi connectivity index (χ2v) is 12.8. The average molecular weight is 652 g/mol. The van der Waals surface area contributed by atoms with Gasteiger partial charge in [-0.15, -0.1) is 0 Å². The second-order valence-electron chi connectivity index (χ2n) is 12.8. The Bertz CT molecular complexity index is 2880. The third-order valence-electron chi connectivity index (χ3n) is 9.74. The molecule has 0 radical (unpaired) electrons. The first kappa shape index (κ1) is 29.0. The second kappa shape index (κ2) is 11.9. The van der Waals surface area contributed by atoms with E-state index in [1.807, 2.05) is 48.5 Å². The monoisotopic (exact) mass is 651 g/mol. The number of rotatable bonds is 5. The highest BCUT2D eigenvalue weighted by atomic mass is 16.3. The number of aromatic nitrogens is 3. The normalized spacial score (nSPS) is 11.5. The fourth-order valence-electron chi connectivity index (χ4n) is 7.19. The molecule has 0 saturated heterocycles. The van der Waals surface area contributed by atoms with Crippen LogP contribution in [0, 0.1) is 0 Å². The molecule has 0 aliphatic carbocycles. The van der Waals surface area contributed by atoms with Crippen molar-refractivity contribution in [3.63, 3.8) is 0 Å². The lowest BCUT2D eigenvalue weighted by Crippen LogP contribution is -2.00. The van der Waals surface area contributed by atoms with Crippen LogP contribution in [-0.4, -0.2) is 15.0 Å². The van der Waals surface area contributed by atoms with Crippen LogP contribution in [0.2, 0.25) is 0 Å². The molecular weight excluding hydrogens is 623 g/mol. The molecule has 0 bridgehead atoms. The zero-order valence-corrected chi connectivity index (χ0v) is 27.5. The Labute approximate surface area is 294 Å². The Morgan fingerprint density at radius 2 is 0.706 bits per heavy atom.